The molecule has 0 fully saturated rings. The lowest BCUT2D eigenvalue weighted by molar-refractivity contribution is -0.140. The Morgan fingerprint density at radius 2 is 1.90 bits per heavy atom. The van der Waals surface area contributed by atoms with E-state index in [1.807, 2.05) is 4.72 Å². The number of anilines is 1. The van der Waals surface area contributed by atoms with Gasteiger partial charge in [-0.1, -0.05) is 11.6 Å². The first kappa shape index (κ1) is 17.0. The number of hydrogen-bond donors (Lipinski definition) is 1. The maximum atomic E-state index is 12.5. The molecule has 0 radical (unpaired) electrons. The molecule has 114 valence electrons. The summed E-state index contributed by atoms with van der Waals surface area (Å²) in [6.07, 6.45) is -4.67. The molecule has 0 saturated carbocycles. The highest BCUT2D eigenvalue weighted by Crippen LogP contribution is 2.33. The second-order valence-electron chi connectivity index (χ2n) is 3.84. The van der Waals surface area contributed by atoms with Gasteiger partial charge in [0.2, 0.25) is 10.0 Å². The van der Waals surface area contributed by atoms with E-state index in [9.17, 15) is 26.0 Å². The van der Waals surface area contributed by atoms with Gasteiger partial charge in [0.15, 0.2) is 5.69 Å². The second kappa shape index (κ2) is 6.57. The van der Waals surface area contributed by atoms with Crippen molar-refractivity contribution < 1.29 is 26.0 Å². The number of halogens is 5. The van der Waals surface area contributed by atoms with Gasteiger partial charge in [-0.25, -0.2) is 13.4 Å². The predicted molar refractivity (Wildman–Crippen MR) is 66.9 cm³/mol. The van der Waals surface area contributed by atoms with Crippen LogP contribution in [-0.2, 0) is 16.2 Å². The van der Waals surface area contributed by atoms with Gasteiger partial charge >= 0.3 is 6.18 Å². The molecule has 1 N–H and O–H groups in total. The number of sulfonamides is 1. The Balaban J connectivity index is 2.88. The molecule has 1 heterocycles. The largest absolute Gasteiger partial charge is 0.434 e. The summed E-state index contributed by atoms with van der Waals surface area (Å²) in [7, 11) is -3.87. The number of rotatable bonds is 6. The number of unbranched alkanes of at least 4 members (excludes halogenated alkanes) is 1. The molecule has 10 heteroatoms. The van der Waals surface area contributed by atoms with Crippen molar-refractivity contribution in [2.75, 3.05) is 17.1 Å². The molecule has 0 spiro atoms. The van der Waals surface area contributed by atoms with E-state index in [1.165, 1.54) is 0 Å². The van der Waals surface area contributed by atoms with Crippen molar-refractivity contribution in [1.82, 2.24) is 4.98 Å². The minimum atomic E-state index is -4.78. The molecule has 0 amide bonds. The molecular weight excluding hydrogens is 324 g/mol. The van der Waals surface area contributed by atoms with Crippen LogP contribution in [0.5, 0.6) is 0 Å². The number of alkyl halides is 4. The zero-order chi connectivity index (χ0) is 15.4. The molecular formula is C10H11ClF4N2O2S. The van der Waals surface area contributed by atoms with Crippen LogP contribution >= 0.6 is 11.6 Å². The smallest absolute Gasteiger partial charge is 0.267 e. The second-order valence-corrected chi connectivity index (χ2v) is 6.09. The first-order valence-electron chi connectivity index (χ1n) is 5.46. The van der Waals surface area contributed by atoms with E-state index in [1.54, 1.807) is 0 Å². The third-order valence-electron chi connectivity index (χ3n) is 2.17. The summed E-state index contributed by atoms with van der Waals surface area (Å²) in [5.41, 5.74) is -1.37. The summed E-state index contributed by atoms with van der Waals surface area (Å²) in [5.74, 6) is -0.885. The molecule has 0 aliphatic carbocycles. The van der Waals surface area contributed by atoms with Gasteiger partial charge in [-0.2, -0.15) is 13.2 Å². The average Bonchev–Trinajstić information content (AvgIpc) is 2.30. The van der Waals surface area contributed by atoms with Gasteiger partial charge in [0, 0.05) is 0 Å². The third kappa shape index (κ3) is 5.12. The minimum absolute atomic E-state index is 0.0583. The Labute approximate surface area is 118 Å². The highest BCUT2D eigenvalue weighted by Gasteiger charge is 2.35. The van der Waals surface area contributed by atoms with E-state index in [-0.39, 0.29) is 12.8 Å². The molecule has 0 aliphatic rings. The maximum absolute atomic E-state index is 12.5. The number of hydrogen-bond acceptors (Lipinski definition) is 3. The van der Waals surface area contributed by atoms with Gasteiger partial charge in [0.25, 0.3) is 0 Å². The first-order valence-corrected chi connectivity index (χ1v) is 7.49. The SMILES string of the molecule is O=S(=O)(CCCCF)Nc1ccc(Cl)c(C(F)(F)F)n1. The van der Waals surface area contributed by atoms with Crippen molar-refractivity contribution in [3.8, 4) is 0 Å². The van der Waals surface area contributed by atoms with Crippen LogP contribution in [-0.4, -0.2) is 25.8 Å². The summed E-state index contributed by atoms with van der Waals surface area (Å²) < 4.78 is 74.5. The summed E-state index contributed by atoms with van der Waals surface area (Å²) in [5, 5.41) is -0.627. The molecule has 1 rings (SSSR count). The maximum Gasteiger partial charge on any atom is 0.434 e. The van der Waals surface area contributed by atoms with Crippen molar-refractivity contribution in [2.24, 2.45) is 0 Å². The Morgan fingerprint density at radius 1 is 1.25 bits per heavy atom. The van der Waals surface area contributed by atoms with Gasteiger partial charge < -0.3 is 0 Å². The normalized spacial score (nSPS) is 12.4. The van der Waals surface area contributed by atoms with E-state index in [4.69, 9.17) is 11.6 Å². The van der Waals surface area contributed by atoms with Crippen molar-refractivity contribution in [1.29, 1.82) is 0 Å². The zero-order valence-electron chi connectivity index (χ0n) is 10.0. The van der Waals surface area contributed by atoms with Crippen molar-refractivity contribution in [3.05, 3.63) is 22.8 Å². The third-order valence-corrected chi connectivity index (χ3v) is 3.82. The topological polar surface area (TPSA) is 59.1 Å². The van der Waals surface area contributed by atoms with Crippen LogP contribution in [0.1, 0.15) is 18.5 Å². The molecule has 20 heavy (non-hydrogen) atoms. The number of nitrogens with one attached hydrogen (secondary N) is 1. The standard InChI is InChI=1S/C10H11ClF4N2O2S/c11-7-3-4-8(16-9(7)10(13,14)15)17-20(18,19)6-2-1-5-12/h3-4H,1-2,5-6H2,(H,16,17). The molecule has 1 aromatic rings. The van der Waals surface area contributed by atoms with Crippen molar-refractivity contribution in [2.45, 2.75) is 19.0 Å². The van der Waals surface area contributed by atoms with Crippen LogP contribution in [0.15, 0.2) is 12.1 Å². The lowest BCUT2D eigenvalue weighted by Crippen LogP contribution is -2.19. The van der Waals surface area contributed by atoms with Gasteiger partial charge in [-0.3, -0.25) is 9.11 Å². The fourth-order valence-corrected chi connectivity index (χ4v) is 2.63. The molecule has 0 saturated heterocycles. The molecule has 4 nitrogen and oxygen atoms in total. The Morgan fingerprint density at radius 3 is 2.45 bits per heavy atom. The molecule has 0 unspecified atom stereocenters. The predicted octanol–water partition coefficient (Wildman–Crippen LogP) is 3.25. The van der Waals surface area contributed by atoms with Crippen LogP contribution in [0.2, 0.25) is 5.02 Å². The van der Waals surface area contributed by atoms with E-state index >= 15 is 0 Å². The fraction of sp³-hybridized carbons (Fsp3) is 0.500. The van der Waals surface area contributed by atoms with Gasteiger partial charge in [0.05, 0.1) is 17.5 Å². The van der Waals surface area contributed by atoms with E-state index in [0.29, 0.717) is 0 Å². The number of aromatic nitrogens is 1. The van der Waals surface area contributed by atoms with Gasteiger partial charge in [0.1, 0.15) is 5.82 Å². The number of pyridine rings is 1. The summed E-state index contributed by atoms with van der Waals surface area (Å²) in [4.78, 5) is 3.14. The van der Waals surface area contributed by atoms with Gasteiger partial charge in [-0.05, 0) is 25.0 Å². The average molecular weight is 335 g/mol. The monoisotopic (exact) mass is 334 g/mol. The van der Waals surface area contributed by atoms with Crippen LogP contribution in [0.3, 0.4) is 0 Å². The quantitative estimate of drug-likeness (QED) is 0.641. The molecule has 0 bridgehead atoms. The Bertz CT molecular complexity index is 563. The van der Waals surface area contributed by atoms with E-state index in [2.05, 4.69) is 4.98 Å². The zero-order valence-corrected chi connectivity index (χ0v) is 11.6. The summed E-state index contributed by atoms with van der Waals surface area (Å²) in [6, 6.07) is 1.92. The first-order chi connectivity index (χ1) is 9.15. The van der Waals surface area contributed by atoms with Crippen molar-refractivity contribution in [3.63, 3.8) is 0 Å². The molecule has 0 aliphatic heterocycles. The summed E-state index contributed by atoms with van der Waals surface area (Å²) >= 11 is 5.35. The van der Waals surface area contributed by atoms with E-state index < -0.39 is 45.2 Å². The van der Waals surface area contributed by atoms with Crippen LogP contribution in [0, 0.1) is 0 Å². The Kier molecular flexibility index (Phi) is 5.58. The Hall–Kier alpha value is -1.09. The fourth-order valence-electron chi connectivity index (χ4n) is 1.29. The lowest BCUT2D eigenvalue weighted by atomic mass is 10.3. The van der Waals surface area contributed by atoms with Gasteiger partial charge in [-0.15, -0.1) is 0 Å². The minimum Gasteiger partial charge on any atom is -0.267 e. The highest BCUT2D eigenvalue weighted by molar-refractivity contribution is 7.92. The van der Waals surface area contributed by atoms with Crippen molar-refractivity contribution >= 4 is 27.4 Å². The summed E-state index contributed by atoms with van der Waals surface area (Å²) in [6.45, 7) is -0.660. The molecule has 0 atom stereocenters. The van der Waals surface area contributed by atoms with Crippen LogP contribution in [0.4, 0.5) is 23.4 Å². The lowest BCUT2D eigenvalue weighted by Gasteiger charge is -2.11. The van der Waals surface area contributed by atoms with Crippen LogP contribution < -0.4 is 4.72 Å². The number of nitrogens with zero attached hydrogens (tertiary/aromatic N) is 1. The van der Waals surface area contributed by atoms with E-state index in [0.717, 1.165) is 12.1 Å². The highest BCUT2D eigenvalue weighted by atomic mass is 35.5. The molecule has 0 aromatic carbocycles. The molecule has 1 aromatic heterocycles. The van der Waals surface area contributed by atoms with Crippen LogP contribution in [0.25, 0.3) is 0 Å².